The number of aromatic nitrogens is 1. The van der Waals surface area contributed by atoms with Gasteiger partial charge in [0.05, 0.1) is 5.69 Å². The number of nitrogens with one attached hydrogen (secondary N) is 1. The fourth-order valence-corrected chi connectivity index (χ4v) is 3.13. The first-order valence-electron chi connectivity index (χ1n) is 6.91. The van der Waals surface area contributed by atoms with E-state index in [1.807, 2.05) is 12.3 Å². The van der Waals surface area contributed by atoms with Crippen LogP contribution in [0.1, 0.15) is 26.2 Å². The standard InChI is InChI=1S/C15H20N2O/c1-2-8-17-10-12(6-7-15(17)18)16-14-9-11-4-3-5-13(11)14/h3,5-7,10-11,13-14,16H,2,4,8-9H2,1H3. The van der Waals surface area contributed by atoms with Gasteiger partial charge in [0.2, 0.25) is 0 Å². The Balaban J connectivity index is 1.71. The highest BCUT2D eigenvalue weighted by Gasteiger charge is 2.40. The van der Waals surface area contributed by atoms with Crippen LogP contribution in [0, 0.1) is 11.8 Å². The molecular formula is C15H20N2O. The maximum absolute atomic E-state index is 11.6. The van der Waals surface area contributed by atoms with Gasteiger partial charge >= 0.3 is 0 Å². The Kier molecular flexibility index (Phi) is 2.98. The van der Waals surface area contributed by atoms with Crippen molar-refractivity contribution in [2.24, 2.45) is 11.8 Å². The zero-order valence-electron chi connectivity index (χ0n) is 10.8. The molecule has 2 aliphatic rings. The monoisotopic (exact) mass is 244 g/mol. The Morgan fingerprint density at radius 1 is 1.44 bits per heavy atom. The SMILES string of the molecule is CCCn1cc(NC2CC3CC=CC32)ccc1=O. The summed E-state index contributed by atoms with van der Waals surface area (Å²) in [7, 11) is 0. The van der Waals surface area contributed by atoms with Crippen molar-refractivity contribution in [3.63, 3.8) is 0 Å². The zero-order chi connectivity index (χ0) is 12.5. The number of pyridine rings is 1. The van der Waals surface area contributed by atoms with E-state index in [1.165, 1.54) is 12.8 Å². The molecule has 3 rings (SSSR count). The summed E-state index contributed by atoms with van der Waals surface area (Å²) in [5.41, 5.74) is 1.17. The van der Waals surface area contributed by atoms with E-state index < -0.39 is 0 Å². The second-order valence-corrected chi connectivity index (χ2v) is 5.44. The highest BCUT2D eigenvalue weighted by molar-refractivity contribution is 5.43. The molecule has 0 amide bonds. The third-order valence-corrected chi connectivity index (χ3v) is 4.16. The van der Waals surface area contributed by atoms with Gasteiger partial charge in [-0.2, -0.15) is 0 Å². The highest BCUT2D eigenvalue weighted by atomic mass is 16.1. The van der Waals surface area contributed by atoms with Crippen LogP contribution < -0.4 is 10.9 Å². The summed E-state index contributed by atoms with van der Waals surface area (Å²) < 4.78 is 1.79. The van der Waals surface area contributed by atoms with Crippen LogP contribution >= 0.6 is 0 Å². The minimum absolute atomic E-state index is 0.0923. The van der Waals surface area contributed by atoms with E-state index in [0.717, 1.165) is 24.6 Å². The van der Waals surface area contributed by atoms with Crippen LogP contribution in [0.3, 0.4) is 0 Å². The maximum Gasteiger partial charge on any atom is 0.250 e. The Morgan fingerprint density at radius 3 is 3.11 bits per heavy atom. The van der Waals surface area contributed by atoms with E-state index in [-0.39, 0.29) is 5.56 Å². The third-order valence-electron chi connectivity index (χ3n) is 4.16. The van der Waals surface area contributed by atoms with Crippen molar-refractivity contribution in [3.05, 3.63) is 40.8 Å². The van der Waals surface area contributed by atoms with Crippen LogP contribution in [0.2, 0.25) is 0 Å². The molecule has 2 aliphatic carbocycles. The molecule has 1 N–H and O–H groups in total. The van der Waals surface area contributed by atoms with Crippen LogP contribution in [0.15, 0.2) is 35.3 Å². The zero-order valence-corrected chi connectivity index (χ0v) is 10.8. The Bertz CT molecular complexity index is 517. The molecule has 3 nitrogen and oxygen atoms in total. The minimum Gasteiger partial charge on any atom is -0.381 e. The summed E-state index contributed by atoms with van der Waals surface area (Å²) in [5, 5.41) is 3.56. The van der Waals surface area contributed by atoms with E-state index in [0.29, 0.717) is 12.0 Å². The number of aryl methyl sites for hydroxylation is 1. The molecule has 3 unspecified atom stereocenters. The van der Waals surface area contributed by atoms with Crippen LogP contribution in [0.25, 0.3) is 0 Å². The number of rotatable bonds is 4. The summed E-state index contributed by atoms with van der Waals surface area (Å²) in [4.78, 5) is 11.6. The van der Waals surface area contributed by atoms with Gasteiger partial charge in [-0.05, 0) is 31.2 Å². The molecule has 1 heterocycles. The van der Waals surface area contributed by atoms with Crippen molar-refractivity contribution in [1.82, 2.24) is 4.57 Å². The summed E-state index contributed by atoms with van der Waals surface area (Å²) in [6.07, 6.45) is 10.1. The molecule has 0 spiro atoms. The lowest BCUT2D eigenvalue weighted by Crippen LogP contribution is -2.43. The minimum atomic E-state index is 0.0923. The fraction of sp³-hybridized carbons (Fsp3) is 0.533. The van der Waals surface area contributed by atoms with Crippen molar-refractivity contribution in [1.29, 1.82) is 0 Å². The molecule has 0 aromatic carbocycles. The molecule has 0 bridgehead atoms. The average molecular weight is 244 g/mol. The molecule has 96 valence electrons. The number of hydrogen-bond donors (Lipinski definition) is 1. The van der Waals surface area contributed by atoms with Gasteiger partial charge in [-0.25, -0.2) is 0 Å². The topological polar surface area (TPSA) is 34.0 Å². The maximum atomic E-state index is 11.6. The van der Waals surface area contributed by atoms with Gasteiger partial charge in [0, 0.05) is 30.8 Å². The first-order chi connectivity index (χ1) is 8.78. The van der Waals surface area contributed by atoms with Gasteiger partial charge in [0.15, 0.2) is 0 Å². The number of hydrogen-bond acceptors (Lipinski definition) is 2. The number of anilines is 1. The van der Waals surface area contributed by atoms with Crippen molar-refractivity contribution in [2.75, 3.05) is 5.32 Å². The van der Waals surface area contributed by atoms with Crippen molar-refractivity contribution in [3.8, 4) is 0 Å². The molecule has 1 aromatic heterocycles. The van der Waals surface area contributed by atoms with Gasteiger partial charge in [0.25, 0.3) is 5.56 Å². The van der Waals surface area contributed by atoms with E-state index >= 15 is 0 Å². The fourth-order valence-electron chi connectivity index (χ4n) is 3.13. The Hall–Kier alpha value is -1.51. The molecule has 3 atom stereocenters. The average Bonchev–Trinajstić information content (AvgIpc) is 2.72. The second kappa shape index (κ2) is 4.63. The normalized spacial score (nSPS) is 28.8. The van der Waals surface area contributed by atoms with Gasteiger partial charge in [-0.1, -0.05) is 19.1 Å². The molecule has 1 fully saturated rings. The van der Waals surface area contributed by atoms with Gasteiger partial charge in [-0.15, -0.1) is 0 Å². The van der Waals surface area contributed by atoms with Crippen LogP contribution in [0.4, 0.5) is 5.69 Å². The van der Waals surface area contributed by atoms with Crippen molar-refractivity contribution in [2.45, 2.75) is 38.8 Å². The van der Waals surface area contributed by atoms with Crippen molar-refractivity contribution < 1.29 is 0 Å². The third kappa shape index (κ3) is 1.98. The van der Waals surface area contributed by atoms with Gasteiger partial charge in [-0.3, -0.25) is 4.79 Å². The highest BCUT2D eigenvalue weighted by Crippen LogP contribution is 2.43. The number of fused-ring (bicyclic) bond motifs is 1. The van der Waals surface area contributed by atoms with Crippen LogP contribution in [0.5, 0.6) is 0 Å². The quantitative estimate of drug-likeness (QED) is 0.826. The summed E-state index contributed by atoms with van der Waals surface area (Å²) in [6.45, 7) is 2.89. The second-order valence-electron chi connectivity index (χ2n) is 5.44. The molecular weight excluding hydrogens is 224 g/mol. The summed E-state index contributed by atoms with van der Waals surface area (Å²) in [5.74, 6) is 1.57. The van der Waals surface area contributed by atoms with E-state index in [9.17, 15) is 4.79 Å². The molecule has 1 saturated carbocycles. The lowest BCUT2D eigenvalue weighted by molar-refractivity contribution is 0.218. The molecule has 0 saturated heterocycles. The number of nitrogens with zero attached hydrogens (tertiary/aromatic N) is 1. The van der Waals surface area contributed by atoms with Gasteiger partial charge in [0.1, 0.15) is 0 Å². The molecule has 1 aromatic rings. The Morgan fingerprint density at radius 2 is 2.33 bits per heavy atom. The van der Waals surface area contributed by atoms with Crippen molar-refractivity contribution >= 4 is 5.69 Å². The van der Waals surface area contributed by atoms with E-state index in [1.54, 1.807) is 10.6 Å². The van der Waals surface area contributed by atoms with E-state index in [4.69, 9.17) is 0 Å². The van der Waals surface area contributed by atoms with Gasteiger partial charge < -0.3 is 9.88 Å². The predicted octanol–water partition coefficient (Wildman–Crippen LogP) is 2.63. The Labute approximate surface area is 108 Å². The first-order valence-corrected chi connectivity index (χ1v) is 6.91. The van der Waals surface area contributed by atoms with E-state index in [2.05, 4.69) is 24.4 Å². The van der Waals surface area contributed by atoms with Crippen LogP contribution in [-0.2, 0) is 6.54 Å². The summed E-state index contributed by atoms with van der Waals surface area (Å²) >= 11 is 0. The van der Waals surface area contributed by atoms with Crippen LogP contribution in [-0.4, -0.2) is 10.6 Å². The lowest BCUT2D eigenvalue weighted by Gasteiger charge is -2.41. The molecule has 18 heavy (non-hydrogen) atoms. The first kappa shape index (κ1) is 11.6. The largest absolute Gasteiger partial charge is 0.381 e. The molecule has 0 radical (unpaired) electrons. The lowest BCUT2D eigenvalue weighted by atomic mass is 9.71. The smallest absolute Gasteiger partial charge is 0.250 e. The molecule has 3 heteroatoms. The predicted molar refractivity (Wildman–Crippen MR) is 73.8 cm³/mol. The summed E-state index contributed by atoms with van der Waals surface area (Å²) in [6, 6.07) is 4.13. The number of allylic oxidation sites excluding steroid dienone is 1. The molecule has 0 aliphatic heterocycles.